The highest BCUT2D eigenvalue weighted by molar-refractivity contribution is 5.91. The average molecular weight is 610 g/mol. The number of hydrogen-bond donors (Lipinski definition) is 12. The molecule has 0 bridgehead atoms. The SMILES string of the molecule is NC1CC1(O)C(=O)C[C@@H]1C[C@H](N)[C@@H](O[C@H]2O[C@H](CNCCO)[C@@H](O)C[C@H]2N)[C@H](O)[C@H]1O[C@H]1O[C@H](CO)[C@@H](O)[C@H](N)[C@H]1O. The molecule has 0 spiro atoms. The van der Waals surface area contributed by atoms with E-state index in [0.29, 0.717) is 0 Å². The van der Waals surface area contributed by atoms with Crippen molar-refractivity contribution in [2.24, 2.45) is 28.9 Å². The molecule has 0 aromatic heterocycles. The average Bonchev–Trinajstić information content (AvgIpc) is 3.57. The number of ketones is 1. The van der Waals surface area contributed by atoms with Crippen molar-refractivity contribution >= 4 is 5.78 Å². The monoisotopic (exact) mass is 609 g/mol. The number of carbonyl (C=O) groups excluding carboxylic acids is 1. The van der Waals surface area contributed by atoms with Gasteiger partial charge in [-0.1, -0.05) is 0 Å². The van der Waals surface area contributed by atoms with E-state index in [1.165, 1.54) is 0 Å². The van der Waals surface area contributed by atoms with E-state index in [0.717, 1.165) is 0 Å². The standard InChI is InChI=1S/C25H47N5O12/c26-10-3-9(4-16(34)25(38)6-15(25)28)21(41-24-19(36)17(29)18(35)14(8-32)40-24)20(37)22(10)42-23-11(27)5-12(33)13(39-23)7-30-1-2-31/h9-15,17-24,30-33,35-38H,1-8,26-29H2/t9-,10-,11+,12-,13+,14+,15?,17-,18+,19+,20+,21-,22+,23+,24+,25?/m0/s1. The lowest BCUT2D eigenvalue weighted by Gasteiger charge is -2.48. The molecule has 4 fully saturated rings. The molecule has 2 saturated carbocycles. The Bertz CT molecular complexity index is 908. The summed E-state index contributed by atoms with van der Waals surface area (Å²) < 4.78 is 23.5. The van der Waals surface area contributed by atoms with Crippen LogP contribution in [0.5, 0.6) is 0 Å². The van der Waals surface area contributed by atoms with Gasteiger partial charge in [0.2, 0.25) is 0 Å². The Morgan fingerprint density at radius 1 is 0.881 bits per heavy atom. The van der Waals surface area contributed by atoms with Gasteiger partial charge in [0.25, 0.3) is 0 Å². The van der Waals surface area contributed by atoms with Gasteiger partial charge in [-0.3, -0.25) is 4.79 Å². The van der Waals surface area contributed by atoms with Crippen LogP contribution >= 0.6 is 0 Å². The second kappa shape index (κ2) is 14.0. The fourth-order valence-electron chi connectivity index (χ4n) is 6.01. The van der Waals surface area contributed by atoms with Gasteiger partial charge in [0, 0.05) is 38.0 Å². The zero-order valence-corrected chi connectivity index (χ0v) is 23.3. The molecule has 2 aliphatic carbocycles. The third-order valence-corrected chi connectivity index (χ3v) is 8.80. The van der Waals surface area contributed by atoms with Crippen molar-refractivity contribution in [2.45, 2.75) is 117 Å². The van der Waals surface area contributed by atoms with Crippen LogP contribution in [-0.4, -0.2) is 159 Å². The molecule has 0 radical (unpaired) electrons. The molecule has 0 amide bonds. The van der Waals surface area contributed by atoms with Crippen molar-refractivity contribution in [1.82, 2.24) is 5.32 Å². The highest BCUT2D eigenvalue weighted by Crippen LogP contribution is 2.41. The molecule has 244 valence electrons. The number of ether oxygens (including phenoxy) is 4. The Labute approximate surface area is 243 Å². The summed E-state index contributed by atoms with van der Waals surface area (Å²) in [6.07, 6.45) is -12.3. The first-order chi connectivity index (χ1) is 19.8. The Hall–Kier alpha value is -0.970. The third kappa shape index (κ3) is 7.12. The molecule has 16 atom stereocenters. The van der Waals surface area contributed by atoms with Crippen LogP contribution in [-0.2, 0) is 23.7 Å². The smallest absolute Gasteiger partial charge is 0.186 e. The zero-order valence-electron chi connectivity index (χ0n) is 23.3. The van der Waals surface area contributed by atoms with Crippen molar-refractivity contribution in [3.63, 3.8) is 0 Å². The first-order valence-corrected chi connectivity index (χ1v) is 14.4. The summed E-state index contributed by atoms with van der Waals surface area (Å²) in [6.45, 7) is -0.261. The van der Waals surface area contributed by atoms with Crippen molar-refractivity contribution in [1.29, 1.82) is 0 Å². The van der Waals surface area contributed by atoms with Gasteiger partial charge in [0.15, 0.2) is 18.4 Å². The third-order valence-electron chi connectivity index (χ3n) is 8.80. The predicted octanol–water partition coefficient (Wildman–Crippen LogP) is -6.96. The summed E-state index contributed by atoms with van der Waals surface area (Å²) >= 11 is 0. The second-order valence-electron chi connectivity index (χ2n) is 11.9. The Balaban J connectivity index is 1.52. The molecule has 17 heteroatoms. The van der Waals surface area contributed by atoms with Crippen LogP contribution in [0.4, 0.5) is 0 Å². The minimum atomic E-state index is -1.69. The lowest BCUT2D eigenvalue weighted by Crippen LogP contribution is -2.66. The fraction of sp³-hybridized carbons (Fsp3) is 0.960. The molecule has 0 aromatic carbocycles. The molecule has 2 saturated heterocycles. The largest absolute Gasteiger partial charge is 0.395 e. The van der Waals surface area contributed by atoms with Crippen LogP contribution < -0.4 is 28.3 Å². The van der Waals surface area contributed by atoms with E-state index in [2.05, 4.69) is 5.32 Å². The highest BCUT2D eigenvalue weighted by Gasteiger charge is 2.58. The molecule has 42 heavy (non-hydrogen) atoms. The summed E-state index contributed by atoms with van der Waals surface area (Å²) in [5, 5.41) is 74.9. The van der Waals surface area contributed by atoms with E-state index >= 15 is 0 Å². The summed E-state index contributed by atoms with van der Waals surface area (Å²) in [5.41, 5.74) is 22.6. The van der Waals surface area contributed by atoms with E-state index in [4.69, 9.17) is 47.0 Å². The predicted molar refractivity (Wildman–Crippen MR) is 142 cm³/mol. The molecule has 2 heterocycles. The number of nitrogens with one attached hydrogen (secondary N) is 1. The quantitative estimate of drug-likeness (QED) is 0.0914. The van der Waals surface area contributed by atoms with E-state index in [-0.39, 0.29) is 45.4 Å². The van der Waals surface area contributed by atoms with Crippen molar-refractivity contribution in [3.8, 4) is 0 Å². The first kappa shape index (κ1) is 33.9. The number of nitrogens with two attached hydrogens (primary N) is 4. The van der Waals surface area contributed by atoms with Crippen LogP contribution in [0.15, 0.2) is 0 Å². The number of Topliss-reactive ketones (excluding diaryl/α,β-unsaturated/α-hetero) is 1. The Morgan fingerprint density at radius 3 is 2.14 bits per heavy atom. The number of aliphatic hydroxyl groups excluding tert-OH is 6. The van der Waals surface area contributed by atoms with Crippen LogP contribution in [0.2, 0.25) is 0 Å². The molecule has 2 unspecified atom stereocenters. The van der Waals surface area contributed by atoms with Gasteiger partial charge in [-0.05, 0) is 18.8 Å². The lowest BCUT2D eigenvalue weighted by atomic mass is 9.76. The molecule has 17 nitrogen and oxygen atoms in total. The number of carbonyl (C=O) groups is 1. The van der Waals surface area contributed by atoms with E-state index < -0.39 is 109 Å². The van der Waals surface area contributed by atoms with Crippen LogP contribution in [0.3, 0.4) is 0 Å². The number of hydrogen-bond acceptors (Lipinski definition) is 17. The fourth-order valence-corrected chi connectivity index (χ4v) is 6.01. The van der Waals surface area contributed by atoms with Crippen molar-refractivity contribution in [2.75, 3.05) is 26.3 Å². The Morgan fingerprint density at radius 2 is 1.52 bits per heavy atom. The maximum absolute atomic E-state index is 12.9. The molecule has 16 N–H and O–H groups in total. The summed E-state index contributed by atoms with van der Waals surface area (Å²) in [4.78, 5) is 12.9. The lowest BCUT2D eigenvalue weighted by molar-refractivity contribution is -0.320. The topological polar surface area (TPSA) is 312 Å². The van der Waals surface area contributed by atoms with Crippen molar-refractivity contribution < 1.29 is 59.5 Å². The minimum Gasteiger partial charge on any atom is -0.395 e. The Kier molecular flexibility index (Phi) is 11.3. The van der Waals surface area contributed by atoms with Gasteiger partial charge < -0.3 is 82.9 Å². The summed E-state index contributed by atoms with van der Waals surface area (Å²) in [7, 11) is 0. The van der Waals surface area contributed by atoms with Gasteiger partial charge in [-0.15, -0.1) is 0 Å². The molecular formula is C25H47N5O12. The minimum absolute atomic E-state index is 0.0659. The molecule has 4 rings (SSSR count). The van der Waals surface area contributed by atoms with E-state index in [9.17, 15) is 35.4 Å². The summed E-state index contributed by atoms with van der Waals surface area (Å²) in [5.74, 6) is -1.34. The maximum Gasteiger partial charge on any atom is 0.186 e. The van der Waals surface area contributed by atoms with E-state index in [1.807, 2.05) is 0 Å². The molecule has 2 aliphatic heterocycles. The summed E-state index contributed by atoms with van der Waals surface area (Å²) in [6, 6.07) is -3.61. The van der Waals surface area contributed by atoms with Crippen LogP contribution in [0.25, 0.3) is 0 Å². The molecular weight excluding hydrogens is 562 g/mol. The second-order valence-corrected chi connectivity index (χ2v) is 11.9. The maximum atomic E-state index is 12.9. The highest BCUT2D eigenvalue weighted by atomic mass is 16.7. The number of rotatable bonds is 12. The van der Waals surface area contributed by atoms with Gasteiger partial charge >= 0.3 is 0 Å². The molecule has 0 aromatic rings. The zero-order chi connectivity index (χ0) is 30.9. The van der Waals surface area contributed by atoms with Crippen LogP contribution in [0, 0.1) is 5.92 Å². The van der Waals surface area contributed by atoms with Gasteiger partial charge in [-0.2, -0.15) is 0 Å². The van der Waals surface area contributed by atoms with E-state index in [1.54, 1.807) is 0 Å². The van der Waals surface area contributed by atoms with Crippen molar-refractivity contribution in [3.05, 3.63) is 0 Å². The molecule has 4 aliphatic rings. The number of aliphatic hydroxyl groups is 7. The van der Waals surface area contributed by atoms with Crippen LogP contribution in [0.1, 0.15) is 25.7 Å². The normalized spacial score (nSPS) is 49.5. The van der Waals surface area contributed by atoms with Gasteiger partial charge in [0.05, 0.1) is 43.6 Å². The van der Waals surface area contributed by atoms with Gasteiger partial charge in [0.1, 0.15) is 36.1 Å². The van der Waals surface area contributed by atoms with Gasteiger partial charge in [-0.25, -0.2) is 0 Å². The first-order valence-electron chi connectivity index (χ1n) is 14.4.